The van der Waals surface area contributed by atoms with Gasteiger partial charge in [-0.2, -0.15) is 0 Å². The molecule has 0 aromatic heterocycles. The summed E-state index contributed by atoms with van der Waals surface area (Å²) in [7, 11) is 0. The van der Waals surface area contributed by atoms with E-state index >= 15 is 0 Å². The molecule has 0 saturated carbocycles. The molecule has 0 amide bonds. The molecule has 2 aliphatic heterocycles. The van der Waals surface area contributed by atoms with Gasteiger partial charge < -0.3 is 15.0 Å². The van der Waals surface area contributed by atoms with Crippen molar-refractivity contribution in [3.05, 3.63) is 0 Å². The zero-order chi connectivity index (χ0) is 12.1. The summed E-state index contributed by atoms with van der Waals surface area (Å²) >= 11 is 0. The second-order valence-corrected chi connectivity index (χ2v) is 6.21. The van der Waals surface area contributed by atoms with Gasteiger partial charge in [0.1, 0.15) is 0 Å². The lowest BCUT2D eigenvalue weighted by Crippen LogP contribution is -2.47. The van der Waals surface area contributed by atoms with Crippen molar-refractivity contribution in [2.24, 2.45) is 5.41 Å². The van der Waals surface area contributed by atoms with Crippen LogP contribution < -0.4 is 5.32 Å². The summed E-state index contributed by atoms with van der Waals surface area (Å²) in [5.41, 5.74) is 0.415. The highest BCUT2D eigenvalue weighted by Gasteiger charge is 2.32. The average Bonchev–Trinajstić information content (AvgIpc) is 2.29. The molecule has 0 aromatic rings. The number of rotatable bonds is 6. The third-order valence-electron chi connectivity index (χ3n) is 4.19. The summed E-state index contributed by atoms with van der Waals surface area (Å²) in [4.78, 5) is 2.65. The third kappa shape index (κ3) is 3.94. The molecule has 0 aromatic carbocycles. The average molecular weight is 240 g/mol. The van der Waals surface area contributed by atoms with E-state index in [1.807, 2.05) is 0 Å². The Labute approximate surface area is 106 Å². The van der Waals surface area contributed by atoms with E-state index in [2.05, 4.69) is 24.1 Å². The molecule has 0 radical (unpaired) electrons. The predicted octanol–water partition coefficient (Wildman–Crippen LogP) is 1.88. The van der Waals surface area contributed by atoms with Crippen LogP contribution in [-0.2, 0) is 4.74 Å². The molecule has 2 aliphatic rings. The maximum Gasteiger partial charge on any atom is 0.0554 e. The number of hydrogen-bond donors (Lipinski definition) is 1. The van der Waals surface area contributed by atoms with Crippen molar-refractivity contribution >= 4 is 0 Å². The van der Waals surface area contributed by atoms with Crippen molar-refractivity contribution in [2.45, 2.75) is 45.6 Å². The molecule has 3 heteroatoms. The maximum absolute atomic E-state index is 5.26. The molecule has 2 heterocycles. The monoisotopic (exact) mass is 240 g/mol. The Hall–Kier alpha value is -0.120. The number of piperidine rings is 1. The molecule has 0 spiro atoms. The zero-order valence-electron chi connectivity index (χ0n) is 11.5. The first kappa shape index (κ1) is 13.3. The van der Waals surface area contributed by atoms with E-state index in [1.54, 1.807) is 0 Å². The lowest BCUT2D eigenvalue weighted by Gasteiger charge is -2.38. The molecule has 0 aliphatic carbocycles. The minimum absolute atomic E-state index is 0.415. The summed E-state index contributed by atoms with van der Waals surface area (Å²) in [6.45, 7) is 11.4. The Bertz CT molecular complexity index is 228. The third-order valence-corrected chi connectivity index (χ3v) is 4.19. The summed E-state index contributed by atoms with van der Waals surface area (Å²) in [5, 5.41) is 3.58. The van der Waals surface area contributed by atoms with E-state index in [0.717, 1.165) is 32.3 Å². The maximum atomic E-state index is 5.26. The SMILES string of the molecule is CC1CCCCN1CCCNCC1(C)COC1. The van der Waals surface area contributed by atoms with Crippen LogP contribution in [0.3, 0.4) is 0 Å². The first-order chi connectivity index (χ1) is 8.20. The predicted molar refractivity (Wildman–Crippen MR) is 71.3 cm³/mol. The van der Waals surface area contributed by atoms with Crippen LogP contribution in [0.2, 0.25) is 0 Å². The molecule has 2 saturated heterocycles. The van der Waals surface area contributed by atoms with Gasteiger partial charge in [0, 0.05) is 18.0 Å². The van der Waals surface area contributed by atoms with Gasteiger partial charge in [-0.1, -0.05) is 13.3 Å². The largest absolute Gasteiger partial charge is 0.380 e. The minimum Gasteiger partial charge on any atom is -0.380 e. The van der Waals surface area contributed by atoms with Crippen molar-refractivity contribution in [2.75, 3.05) is 39.4 Å². The van der Waals surface area contributed by atoms with Crippen LogP contribution in [0.5, 0.6) is 0 Å². The fraction of sp³-hybridized carbons (Fsp3) is 1.00. The fourth-order valence-electron chi connectivity index (χ4n) is 2.84. The lowest BCUT2D eigenvalue weighted by molar-refractivity contribution is -0.0989. The molecule has 3 nitrogen and oxygen atoms in total. The summed E-state index contributed by atoms with van der Waals surface area (Å²) in [6, 6.07) is 0.807. The topological polar surface area (TPSA) is 24.5 Å². The summed E-state index contributed by atoms with van der Waals surface area (Å²) in [5.74, 6) is 0. The molecule has 100 valence electrons. The van der Waals surface area contributed by atoms with Gasteiger partial charge in [0.05, 0.1) is 13.2 Å². The molecule has 2 rings (SSSR count). The minimum atomic E-state index is 0.415. The van der Waals surface area contributed by atoms with E-state index < -0.39 is 0 Å². The van der Waals surface area contributed by atoms with Gasteiger partial charge in [0.2, 0.25) is 0 Å². The van der Waals surface area contributed by atoms with E-state index in [9.17, 15) is 0 Å². The molecular formula is C14H28N2O. The number of likely N-dealkylation sites (tertiary alicyclic amines) is 1. The summed E-state index contributed by atoms with van der Waals surface area (Å²) in [6.07, 6.45) is 5.49. The number of nitrogens with zero attached hydrogens (tertiary/aromatic N) is 1. The normalized spacial score (nSPS) is 28.9. The molecule has 1 unspecified atom stereocenters. The van der Waals surface area contributed by atoms with E-state index in [-0.39, 0.29) is 0 Å². The zero-order valence-corrected chi connectivity index (χ0v) is 11.5. The Morgan fingerprint density at radius 2 is 2.18 bits per heavy atom. The van der Waals surface area contributed by atoms with Gasteiger partial charge in [0.25, 0.3) is 0 Å². The van der Waals surface area contributed by atoms with Gasteiger partial charge in [0.15, 0.2) is 0 Å². The number of ether oxygens (including phenoxy) is 1. The highest BCUT2D eigenvalue weighted by Crippen LogP contribution is 2.25. The molecule has 17 heavy (non-hydrogen) atoms. The Morgan fingerprint density at radius 1 is 1.35 bits per heavy atom. The van der Waals surface area contributed by atoms with Crippen LogP contribution in [0.1, 0.15) is 39.5 Å². The summed E-state index contributed by atoms with van der Waals surface area (Å²) < 4.78 is 5.26. The molecule has 0 bridgehead atoms. The van der Waals surface area contributed by atoms with Gasteiger partial charge in [-0.3, -0.25) is 0 Å². The van der Waals surface area contributed by atoms with E-state index in [4.69, 9.17) is 4.74 Å². The lowest BCUT2D eigenvalue weighted by atomic mass is 9.89. The molecule has 1 N–H and O–H groups in total. The van der Waals surface area contributed by atoms with Gasteiger partial charge in [-0.15, -0.1) is 0 Å². The van der Waals surface area contributed by atoms with Crippen LogP contribution in [0.4, 0.5) is 0 Å². The van der Waals surface area contributed by atoms with E-state index in [1.165, 1.54) is 38.8 Å². The Balaban J connectivity index is 1.50. The van der Waals surface area contributed by atoms with Crippen molar-refractivity contribution in [3.8, 4) is 0 Å². The quantitative estimate of drug-likeness (QED) is 0.717. The van der Waals surface area contributed by atoms with E-state index in [0.29, 0.717) is 5.41 Å². The van der Waals surface area contributed by atoms with Gasteiger partial charge in [-0.05, 0) is 45.8 Å². The van der Waals surface area contributed by atoms with Crippen molar-refractivity contribution < 1.29 is 4.74 Å². The number of hydrogen-bond acceptors (Lipinski definition) is 3. The second kappa shape index (κ2) is 6.17. The smallest absolute Gasteiger partial charge is 0.0554 e. The van der Waals surface area contributed by atoms with Gasteiger partial charge in [-0.25, -0.2) is 0 Å². The van der Waals surface area contributed by atoms with Crippen LogP contribution in [0, 0.1) is 5.41 Å². The molecular weight excluding hydrogens is 212 g/mol. The van der Waals surface area contributed by atoms with Crippen molar-refractivity contribution in [3.63, 3.8) is 0 Å². The van der Waals surface area contributed by atoms with Crippen molar-refractivity contribution in [1.82, 2.24) is 10.2 Å². The van der Waals surface area contributed by atoms with Crippen LogP contribution in [0.15, 0.2) is 0 Å². The first-order valence-electron chi connectivity index (χ1n) is 7.22. The van der Waals surface area contributed by atoms with Crippen LogP contribution in [0.25, 0.3) is 0 Å². The second-order valence-electron chi connectivity index (χ2n) is 6.21. The first-order valence-corrected chi connectivity index (χ1v) is 7.22. The Morgan fingerprint density at radius 3 is 2.82 bits per heavy atom. The van der Waals surface area contributed by atoms with Gasteiger partial charge >= 0.3 is 0 Å². The molecule has 2 fully saturated rings. The van der Waals surface area contributed by atoms with Crippen LogP contribution >= 0.6 is 0 Å². The van der Waals surface area contributed by atoms with Crippen molar-refractivity contribution in [1.29, 1.82) is 0 Å². The van der Waals surface area contributed by atoms with Crippen LogP contribution in [-0.4, -0.2) is 50.3 Å². The number of nitrogens with one attached hydrogen (secondary N) is 1. The Kier molecular flexibility index (Phi) is 4.83. The highest BCUT2D eigenvalue weighted by atomic mass is 16.5. The molecule has 1 atom stereocenters. The fourth-order valence-corrected chi connectivity index (χ4v) is 2.84. The standard InChI is InChI=1S/C14H28N2O/c1-13-6-3-4-8-16(13)9-5-7-15-10-14(2)11-17-12-14/h13,15H,3-12H2,1-2H3. The highest BCUT2D eigenvalue weighted by molar-refractivity contribution is 4.82.